The number of aliphatic hydroxyl groups excluding tert-OH is 1. The first-order valence-corrected chi connectivity index (χ1v) is 6.49. The van der Waals surface area contributed by atoms with Crippen LogP contribution in [0.1, 0.15) is 38.8 Å². The Morgan fingerprint density at radius 2 is 1.83 bits per heavy atom. The average molecular weight is 249 g/mol. The van der Waals surface area contributed by atoms with Gasteiger partial charge in [-0.2, -0.15) is 0 Å². The predicted octanol–water partition coefficient (Wildman–Crippen LogP) is 2.52. The minimum absolute atomic E-state index is 0.000830. The Kier molecular flexibility index (Phi) is 5.86. The Labute approximate surface area is 109 Å². The summed E-state index contributed by atoms with van der Waals surface area (Å²) in [5.41, 5.74) is 0.936. The third kappa shape index (κ3) is 4.49. The van der Waals surface area contributed by atoms with Gasteiger partial charge in [0.15, 0.2) is 0 Å². The molecule has 1 aromatic rings. The molecule has 3 heteroatoms. The van der Waals surface area contributed by atoms with Gasteiger partial charge < -0.3 is 10.4 Å². The molecule has 1 rings (SSSR count). The number of hydrogen-bond acceptors (Lipinski definition) is 2. The van der Waals surface area contributed by atoms with Gasteiger partial charge in [-0.05, 0) is 17.4 Å². The van der Waals surface area contributed by atoms with Crippen LogP contribution in [0.2, 0.25) is 0 Å². The summed E-state index contributed by atoms with van der Waals surface area (Å²) in [6.07, 6.45) is 0.501. The lowest BCUT2D eigenvalue weighted by Gasteiger charge is -2.19. The van der Waals surface area contributed by atoms with Crippen LogP contribution in [0.5, 0.6) is 0 Å². The normalized spacial score (nSPS) is 14.3. The molecular weight excluding hydrogens is 226 g/mol. The van der Waals surface area contributed by atoms with Crippen molar-refractivity contribution in [3.05, 3.63) is 35.9 Å². The van der Waals surface area contributed by atoms with E-state index in [1.165, 1.54) is 0 Å². The van der Waals surface area contributed by atoms with Crippen molar-refractivity contribution in [3.63, 3.8) is 0 Å². The third-order valence-electron chi connectivity index (χ3n) is 3.37. The monoisotopic (exact) mass is 249 g/mol. The predicted molar refractivity (Wildman–Crippen MR) is 73.0 cm³/mol. The molecule has 1 amide bonds. The highest BCUT2D eigenvalue weighted by molar-refractivity contribution is 5.76. The smallest absolute Gasteiger partial charge is 0.220 e. The van der Waals surface area contributed by atoms with Gasteiger partial charge in [-0.3, -0.25) is 4.79 Å². The number of rotatable bonds is 6. The van der Waals surface area contributed by atoms with Gasteiger partial charge in [0.1, 0.15) is 0 Å². The maximum atomic E-state index is 11.9. The fourth-order valence-corrected chi connectivity index (χ4v) is 1.70. The van der Waals surface area contributed by atoms with Crippen LogP contribution < -0.4 is 5.32 Å². The molecule has 100 valence electrons. The van der Waals surface area contributed by atoms with E-state index in [4.69, 9.17) is 0 Å². The highest BCUT2D eigenvalue weighted by Crippen LogP contribution is 2.16. The van der Waals surface area contributed by atoms with Crippen molar-refractivity contribution in [2.45, 2.75) is 33.2 Å². The summed E-state index contributed by atoms with van der Waals surface area (Å²) < 4.78 is 0. The molecule has 1 aromatic carbocycles. The van der Waals surface area contributed by atoms with Gasteiger partial charge in [-0.15, -0.1) is 0 Å². The largest absolute Gasteiger partial charge is 0.394 e. The molecular formula is C15H23NO2. The van der Waals surface area contributed by atoms with E-state index in [-0.39, 0.29) is 18.6 Å². The third-order valence-corrected chi connectivity index (χ3v) is 3.37. The second-order valence-electron chi connectivity index (χ2n) is 5.14. The minimum Gasteiger partial charge on any atom is -0.394 e. The fourth-order valence-electron chi connectivity index (χ4n) is 1.70. The Bertz CT molecular complexity index is 362. The summed E-state index contributed by atoms with van der Waals surface area (Å²) in [5, 5.41) is 12.2. The Balaban J connectivity index is 2.56. The average Bonchev–Trinajstić information content (AvgIpc) is 2.36. The van der Waals surface area contributed by atoms with Crippen LogP contribution in [0, 0.1) is 11.8 Å². The van der Waals surface area contributed by atoms with Crippen molar-refractivity contribution >= 4 is 5.91 Å². The van der Waals surface area contributed by atoms with E-state index in [2.05, 4.69) is 26.1 Å². The molecule has 0 aliphatic heterocycles. The van der Waals surface area contributed by atoms with Crippen LogP contribution in [0.25, 0.3) is 0 Å². The number of hydrogen-bond donors (Lipinski definition) is 2. The number of carbonyl (C=O) groups is 1. The van der Waals surface area contributed by atoms with E-state index in [0.29, 0.717) is 18.3 Å². The zero-order valence-electron chi connectivity index (χ0n) is 11.4. The van der Waals surface area contributed by atoms with Gasteiger partial charge >= 0.3 is 0 Å². The lowest BCUT2D eigenvalue weighted by atomic mass is 9.94. The summed E-state index contributed by atoms with van der Waals surface area (Å²) in [4.78, 5) is 11.9. The molecule has 1 unspecified atom stereocenters. The van der Waals surface area contributed by atoms with Gasteiger partial charge in [0.05, 0.1) is 12.6 Å². The zero-order valence-corrected chi connectivity index (χ0v) is 11.4. The van der Waals surface area contributed by atoms with Crippen LogP contribution in [0.4, 0.5) is 0 Å². The van der Waals surface area contributed by atoms with E-state index >= 15 is 0 Å². The lowest BCUT2D eigenvalue weighted by molar-refractivity contribution is -0.123. The molecule has 0 spiro atoms. The Morgan fingerprint density at radius 3 is 2.33 bits per heavy atom. The molecule has 0 saturated carbocycles. The molecule has 3 nitrogen and oxygen atoms in total. The number of nitrogens with one attached hydrogen (secondary N) is 1. The number of benzene rings is 1. The molecule has 18 heavy (non-hydrogen) atoms. The van der Waals surface area contributed by atoms with Crippen molar-refractivity contribution in [1.29, 1.82) is 0 Å². The highest BCUT2D eigenvalue weighted by Gasteiger charge is 2.16. The minimum atomic E-state index is -0.307. The van der Waals surface area contributed by atoms with E-state index < -0.39 is 0 Å². The van der Waals surface area contributed by atoms with Gasteiger partial charge in [-0.1, -0.05) is 51.1 Å². The number of amides is 1. The van der Waals surface area contributed by atoms with Crippen molar-refractivity contribution in [2.24, 2.45) is 11.8 Å². The lowest BCUT2D eigenvalue weighted by Crippen LogP contribution is -2.32. The van der Waals surface area contributed by atoms with Crippen LogP contribution in [0.3, 0.4) is 0 Å². The Morgan fingerprint density at radius 1 is 1.22 bits per heavy atom. The van der Waals surface area contributed by atoms with Gasteiger partial charge in [0.2, 0.25) is 5.91 Å². The summed E-state index contributed by atoms with van der Waals surface area (Å²) in [7, 11) is 0. The summed E-state index contributed by atoms with van der Waals surface area (Å²) in [5.74, 6) is 0.833. The van der Waals surface area contributed by atoms with Crippen LogP contribution in [0.15, 0.2) is 30.3 Å². The molecule has 2 atom stereocenters. The molecule has 0 radical (unpaired) electrons. The first-order chi connectivity index (χ1) is 8.54. The topological polar surface area (TPSA) is 49.3 Å². The maximum absolute atomic E-state index is 11.9. The summed E-state index contributed by atoms with van der Waals surface area (Å²) in [6.45, 7) is 6.21. The Hall–Kier alpha value is -1.35. The number of carbonyl (C=O) groups excluding carboxylic acids is 1. The molecule has 2 N–H and O–H groups in total. The van der Waals surface area contributed by atoms with E-state index in [9.17, 15) is 9.90 Å². The first kappa shape index (κ1) is 14.7. The molecule has 0 saturated heterocycles. The van der Waals surface area contributed by atoms with Crippen LogP contribution in [-0.4, -0.2) is 17.6 Å². The second-order valence-corrected chi connectivity index (χ2v) is 5.14. The second kappa shape index (κ2) is 7.17. The SMILES string of the molecule is CC(C)C(C)CC(=O)N[C@H](CO)c1ccccc1. The zero-order chi connectivity index (χ0) is 13.5. The molecule has 0 heterocycles. The van der Waals surface area contributed by atoms with Crippen molar-refractivity contribution in [3.8, 4) is 0 Å². The number of aliphatic hydroxyl groups is 1. The standard InChI is InChI=1S/C15H23NO2/c1-11(2)12(3)9-15(18)16-14(10-17)13-7-5-4-6-8-13/h4-8,11-12,14,17H,9-10H2,1-3H3,(H,16,18)/t12?,14-/m1/s1. The van der Waals surface area contributed by atoms with E-state index in [1.54, 1.807) is 0 Å². The van der Waals surface area contributed by atoms with Gasteiger partial charge in [-0.25, -0.2) is 0 Å². The van der Waals surface area contributed by atoms with Crippen LogP contribution in [-0.2, 0) is 4.79 Å². The van der Waals surface area contributed by atoms with Crippen LogP contribution >= 0.6 is 0 Å². The van der Waals surface area contributed by atoms with Gasteiger partial charge in [0, 0.05) is 6.42 Å². The van der Waals surface area contributed by atoms with Gasteiger partial charge in [0.25, 0.3) is 0 Å². The molecule has 0 aliphatic rings. The molecule has 0 aromatic heterocycles. The van der Waals surface area contributed by atoms with E-state index in [1.807, 2.05) is 30.3 Å². The highest BCUT2D eigenvalue weighted by atomic mass is 16.3. The molecule has 0 aliphatic carbocycles. The quantitative estimate of drug-likeness (QED) is 0.814. The summed E-state index contributed by atoms with van der Waals surface area (Å²) >= 11 is 0. The van der Waals surface area contributed by atoms with Crippen molar-refractivity contribution < 1.29 is 9.90 Å². The van der Waals surface area contributed by atoms with Crippen molar-refractivity contribution in [2.75, 3.05) is 6.61 Å². The van der Waals surface area contributed by atoms with Crippen molar-refractivity contribution in [1.82, 2.24) is 5.32 Å². The maximum Gasteiger partial charge on any atom is 0.220 e. The molecule has 0 fully saturated rings. The fraction of sp³-hybridized carbons (Fsp3) is 0.533. The molecule has 0 bridgehead atoms. The first-order valence-electron chi connectivity index (χ1n) is 6.49. The van der Waals surface area contributed by atoms with E-state index in [0.717, 1.165) is 5.56 Å². The summed E-state index contributed by atoms with van der Waals surface area (Å²) in [6, 6.07) is 9.24.